The van der Waals surface area contributed by atoms with Crippen molar-refractivity contribution in [2.45, 2.75) is 30.8 Å². The van der Waals surface area contributed by atoms with Crippen LogP contribution < -0.4 is 5.73 Å². The van der Waals surface area contributed by atoms with Crippen molar-refractivity contribution in [1.82, 2.24) is 4.31 Å². The molecule has 1 aromatic carbocycles. The van der Waals surface area contributed by atoms with Crippen molar-refractivity contribution in [3.05, 3.63) is 23.5 Å². The van der Waals surface area contributed by atoms with Gasteiger partial charge in [-0.15, -0.1) is 0 Å². The predicted molar refractivity (Wildman–Crippen MR) is 69.5 cm³/mol. The van der Waals surface area contributed by atoms with Crippen LogP contribution in [0, 0.1) is 12.7 Å². The molecular formula is C12H17FN2O3S. The van der Waals surface area contributed by atoms with E-state index in [1.807, 2.05) is 0 Å². The van der Waals surface area contributed by atoms with Gasteiger partial charge in [0.15, 0.2) is 0 Å². The van der Waals surface area contributed by atoms with Crippen molar-refractivity contribution in [1.29, 1.82) is 0 Å². The lowest BCUT2D eigenvalue weighted by atomic mass is 10.1. The number of aliphatic hydroxyl groups excluding tert-OH is 1. The Morgan fingerprint density at radius 3 is 2.74 bits per heavy atom. The molecule has 1 aliphatic heterocycles. The number of nitrogen functional groups attached to an aromatic ring is 1. The molecule has 7 heteroatoms. The molecule has 0 amide bonds. The molecule has 1 aliphatic rings. The van der Waals surface area contributed by atoms with E-state index in [9.17, 15) is 17.9 Å². The quantitative estimate of drug-likeness (QED) is 0.791. The van der Waals surface area contributed by atoms with E-state index in [-0.39, 0.29) is 22.7 Å². The smallest absolute Gasteiger partial charge is 0.243 e. The number of anilines is 1. The number of rotatable bonds is 2. The molecular weight excluding hydrogens is 271 g/mol. The van der Waals surface area contributed by atoms with Crippen LogP contribution in [0.1, 0.15) is 18.4 Å². The van der Waals surface area contributed by atoms with Crippen LogP contribution >= 0.6 is 0 Å². The van der Waals surface area contributed by atoms with Crippen LogP contribution in [0.15, 0.2) is 17.0 Å². The maximum absolute atomic E-state index is 13.4. The summed E-state index contributed by atoms with van der Waals surface area (Å²) in [6.07, 6.45) is 0.551. The van der Waals surface area contributed by atoms with Gasteiger partial charge >= 0.3 is 0 Å². The molecule has 1 heterocycles. The second-order valence-electron chi connectivity index (χ2n) is 4.80. The molecule has 3 N–H and O–H groups in total. The Morgan fingerprint density at radius 2 is 2.16 bits per heavy atom. The molecule has 0 spiro atoms. The fourth-order valence-electron chi connectivity index (χ4n) is 2.20. The molecule has 1 atom stereocenters. The topological polar surface area (TPSA) is 83.6 Å². The average molecular weight is 288 g/mol. The number of nitrogens with zero attached hydrogens (tertiary/aromatic N) is 1. The van der Waals surface area contributed by atoms with Gasteiger partial charge in [0, 0.05) is 13.1 Å². The van der Waals surface area contributed by atoms with Crippen LogP contribution in [-0.4, -0.2) is 37.0 Å². The Hall–Kier alpha value is -1.18. The molecule has 0 aromatic heterocycles. The average Bonchev–Trinajstić information content (AvgIpc) is 2.35. The number of halogens is 1. The monoisotopic (exact) mass is 288 g/mol. The third kappa shape index (κ3) is 2.72. The number of piperidine rings is 1. The zero-order chi connectivity index (χ0) is 14.2. The first-order valence-corrected chi connectivity index (χ1v) is 7.50. The van der Waals surface area contributed by atoms with Crippen LogP contribution in [0.5, 0.6) is 0 Å². The van der Waals surface area contributed by atoms with E-state index in [0.717, 1.165) is 6.07 Å². The van der Waals surface area contributed by atoms with Gasteiger partial charge in [-0.3, -0.25) is 0 Å². The third-order valence-corrected chi connectivity index (χ3v) is 5.10. The summed E-state index contributed by atoms with van der Waals surface area (Å²) in [7, 11) is -3.73. The van der Waals surface area contributed by atoms with E-state index in [1.54, 1.807) is 0 Å². The Balaban J connectivity index is 2.39. The minimum Gasteiger partial charge on any atom is -0.396 e. The van der Waals surface area contributed by atoms with Crippen LogP contribution in [0.25, 0.3) is 0 Å². The lowest BCUT2D eigenvalue weighted by Crippen LogP contribution is -2.42. The number of aliphatic hydroxyl groups is 1. The molecule has 0 saturated carbocycles. The molecule has 1 fully saturated rings. The maximum Gasteiger partial charge on any atom is 0.243 e. The van der Waals surface area contributed by atoms with E-state index >= 15 is 0 Å². The number of hydrogen-bond donors (Lipinski definition) is 2. The molecule has 0 aliphatic carbocycles. The number of hydrogen-bond acceptors (Lipinski definition) is 4. The zero-order valence-corrected chi connectivity index (χ0v) is 11.5. The number of aryl methyl sites for hydroxylation is 1. The number of nitrogens with two attached hydrogens (primary N) is 1. The first kappa shape index (κ1) is 14.2. The van der Waals surface area contributed by atoms with Crippen molar-refractivity contribution in [3.63, 3.8) is 0 Å². The van der Waals surface area contributed by atoms with Crippen molar-refractivity contribution in [3.8, 4) is 0 Å². The number of sulfonamides is 1. The van der Waals surface area contributed by atoms with Crippen LogP contribution in [0.4, 0.5) is 10.1 Å². The summed E-state index contributed by atoms with van der Waals surface area (Å²) in [6.45, 7) is 1.89. The van der Waals surface area contributed by atoms with E-state index in [2.05, 4.69) is 0 Å². The highest BCUT2D eigenvalue weighted by atomic mass is 32.2. The van der Waals surface area contributed by atoms with Gasteiger partial charge in [0.1, 0.15) is 5.82 Å². The predicted octanol–water partition coefficient (Wildman–Crippen LogP) is 0.862. The molecule has 19 heavy (non-hydrogen) atoms. The molecule has 5 nitrogen and oxygen atoms in total. The van der Waals surface area contributed by atoms with Crippen molar-refractivity contribution in [2.24, 2.45) is 0 Å². The van der Waals surface area contributed by atoms with Gasteiger partial charge in [0.05, 0.1) is 16.7 Å². The fourth-order valence-corrected chi connectivity index (χ4v) is 3.84. The zero-order valence-electron chi connectivity index (χ0n) is 10.6. The van der Waals surface area contributed by atoms with E-state index < -0.39 is 21.9 Å². The van der Waals surface area contributed by atoms with Crippen LogP contribution in [0.2, 0.25) is 0 Å². The minimum atomic E-state index is -3.73. The summed E-state index contributed by atoms with van der Waals surface area (Å²) in [6, 6.07) is 2.39. The van der Waals surface area contributed by atoms with E-state index in [0.29, 0.717) is 19.4 Å². The molecule has 1 unspecified atom stereocenters. The Kier molecular flexibility index (Phi) is 3.80. The van der Waals surface area contributed by atoms with Gasteiger partial charge in [-0.05, 0) is 37.5 Å². The lowest BCUT2D eigenvalue weighted by molar-refractivity contribution is 0.108. The fraction of sp³-hybridized carbons (Fsp3) is 0.500. The molecule has 1 saturated heterocycles. The maximum atomic E-state index is 13.4. The Morgan fingerprint density at radius 1 is 1.47 bits per heavy atom. The summed E-state index contributed by atoms with van der Waals surface area (Å²) in [4.78, 5) is -0.0296. The Bertz CT molecular complexity index is 566. The van der Waals surface area contributed by atoms with E-state index in [4.69, 9.17) is 5.73 Å². The molecule has 0 bridgehead atoms. The van der Waals surface area contributed by atoms with Gasteiger partial charge in [-0.1, -0.05) is 0 Å². The standard InChI is InChI=1S/C12H17FN2O3S/c1-8-5-10(6-11(14)12(8)13)19(17,18)15-4-2-3-9(16)7-15/h5-6,9,16H,2-4,7,14H2,1H3. The molecule has 2 rings (SSSR count). The summed E-state index contributed by atoms with van der Waals surface area (Å²) in [5.74, 6) is -0.599. The Labute approximate surface area is 111 Å². The first-order chi connectivity index (χ1) is 8.82. The van der Waals surface area contributed by atoms with E-state index in [1.165, 1.54) is 17.3 Å². The van der Waals surface area contributed by atoms with Gasteiger partial charge in [0.2, 0.25) is 10.0 Å². The first-order valence-electron chi connectivity index (χ1n) is 6.06. The number of benzene rings is 1. The lowest BCUT2D eigenvalue weighted by Gasteiger charge is -2.29. The summed E-state index contributed by atoms with van der Waals surface area (Å²) in [5.41, 5.74) is 5.47. The third-order valence-electron chi connectivity index (χ3n) is 3.25. The van der Waals surface area contributed by atoms with Gasteiger partial charge in [0.25, 0.3) is 0 Å². The van der Waals surface area contributed by atoms with Gasteiger partial charge < -0.3 is 10.8 Å². The van der Waals surface area contributed by atoms with Crippen LogP contribution in [-0.2, 0) is 10.0 Å². The highest BCUT2D eigenvalue weighted by Gasteiger charge is 2.30. The van der Waals surface area contributed by atoms with Crippen molar-refractivity contribution >= 4 is 15.7 Å². The highest BCUT2D eigenvalue weighted by molar-refractivity contribution is 7.89. The normalized spacial score (nSPS) is 21.5. The van der Waals surface area contributed by atoms with Gasteiger partial charge in [-0.2, -0.15) is 4.31 Å². The summed E-state index contributed by atoms with van der Waals surface area (Å²) in [5, 5.41) is 9.55. The molecule has 0 radical (unpaired) electrons. The molecule has 106 valence electrons. The second kappa shape index (κ2) is 5.07. The van der Waals surface area contributed by atoms with Crippen LogP contribution in [0.3, 0.4) is 0 Å². The van der Waals surface area contributed by atoms with Gasteiger partial charge in [-0.25, -0.2) is 12.8 Å². The largest absolute Gasteiger partial charge is 0.396 e. The highest BCUT2D eigenvalue weighted by Crippen LogP contribution is 2.25. The SMILES string of the molecule is Cc1cc(S(=O)(=O)N2CCCC(O)C2)cc(N)c1F. The summed E-state index contributed by atoms with van der Waals surface area (Å²) < 4.78 is 39.4. The minimum absolute atomic E-state index is 0.0296. The van der Waals surface area contributed by atoms with Crippen molar-refractivity contribution in [2.75, 3.05) is 18.8 Å². The molecule has 1 aromatic rings. The second-order valence-corrected chi connectivity index (χ2v) is 6.74. The van der Waals surface area contributed by atoms with Crippen molar-refractivity contribution < 1.29 is 17.9 Å². The number of β-amino-alcohol motifs (C(OH)–C–C–N with tert-alkyl or cyclic N) is 1. The summed E-state index contributed by atoms with van der Waals surface area (Å²) >= 11 is 0.